The molecule has 1 saturated carbocycles. The molecule has 0 spiro atoms. The first-order valence-electron chi connectivity index (χ1n) is 16.1. The fraction of sp³-hybridized carbons (Fsp3) is 0.556. The Morgan fingerprint density at radius 3 is 2.35 bits per heavy atom. The van der Waals surface area contributed by atoms with Crippen LogP contribution in [0.3, 0.4) is 0 Å². The van der Waals surface area contributed by atoms with Crippen LogP contribution in [0.5, 0.6) is 0 Å². The predicted molar refractivity (Wildman–Crippen MR) is 192 cm³/mol. The summed E-state index contributed by atoms with van der Waals surface area (Å²) in [6.07, 6.45) is 4.48. The number of piperidine rings is 1. The van der Waals surface area contributed by atoms with Crippen molar-refractivity contribution in [2.45, 2.75) is 96.7 Å². The van der Waals surface area contributed by atoms with Crippen molar-refractivity contribution in [2.24, 2.45) is 5.92 Å². The largest absolute Gasteiger partial charge is 0.461 e. The first-order chi connectivity index (χ1) is 20.6. The lowest BCUT2D eigenvalue weighted by atomic mass is 9.87. The fourth-order valence-corrected chi connectivity index (χ4v) is 6.90. The van der Waals surface area contributed by atoms with Crippen LogP contribution in [0, 0.1) is 18.7 Å². The summed E-state index contributed by atoms with van der Waals surface area (Å²) in [5.41, 5.74) is 5.94. The Morgan fingerprint density at radius 2 is 1.72 bits per heavy atom. The zero-order chi connectivity index (χ0) is 30.6. The van der Waals surface area contributed by atoms with Gasteiger partial charge in [-0.05, 0) is 115 Å². The van der Waals surface area contributed by atoms with Crippen LogP contribution in [0.2, 0.25) is 0 Å². The molecule has 5 rings (SSSR count). The van der Waals surface area contributed by atoms with Gasteiger partial charge in [0.05, 0.1) is 12.2 Å². The normalized spacial score (nSPS) is 20.3. The highest BCUT2D eigenvalue weighted by atomic mass is 35.5. The summed E-state index contributed by atoms with van der Waals surface area (Å²) in [7, 11) is 0. The van der Waals surface area contributed by atoms with Crippen molar-refractivity contribution in [1.82, 2.24) is 20.0 Å². The van der Waals surface area contributed by atoms with Crippen molar-refractivity contribution >= 4 is 43.2 Å². The number of nitrogens with one attached hydrogen (secondary N) is 1. The second kappa shape index (κ2) is 17.8. The number of hydrogen-bond acceptors (Lipinski definition) is 5. The van der Waals surface area contributed by atoms with Crippen LogP contribution in [-0.4, -0.2) is 58.5 Å². The summed E-state index contributed by atoms with van der Waals surface area (Å²) in [6, 6.07) is 18.1. The number of ether oxygens (including phenoxy) is 1. The monoisotopic (exact) mass is 696 g/mol. The molecule has 256 valence electrons. The van der Waals surface area contributed by atoms with Crippen molar-refractivity contribution in [3.8, 4) is 0 Å². The second-order valence-electron chi connectivity index (χ2n) is 13.7. The molecule has 1 aromatic heterocycles. The number of carbonyl (C=O) groups excluding carboxylic acids is 1. The molecule has 1 N–H and O–H groups in total. The second-order valence-corrected chi connectivity index (χ2v) is 13.7. The van der Waals surface area contributed by atoms with E-state index in [0.29, 0.717) is 11.8 Å². The van der Waals surface area contributed by atoms with Gasteiger partial charge in [0.2, 0.25) is 0 Å². The molecule has 0 unspecified atom stereocenters. The zero-order valence-electron chi connectivity index (χ0n) is 27.8. The summed E-state index contributed by atoms with van der Waals surface area (Å²) >= 11 is 0. The number of aryl methyl sites for hydroxylation is 2. The molecular weight excluding hydrogens is 646 g/mol. The Bertz CT molecular complexity index is 1370. The molecule has 1 aliphatic carbocycles. The average molecular weight is 698 g/mol. The molecule has 0 bridgehead atoms. The first-order valence-corrected chi connectivity index (χ1v) is 16.1. The predicted octanol–water partition coefficient (Wildman–Crippen LogP) is 7.88. The number of esters is 1. The van der Waals surface area contributed by atoms with Gasteiger partial charge in [0.1, 0.15) is 11.9 Å². The van der Waals surface area contributed by atoms with Crippen molar-refractivity contribution in [3.05, 3.63) is 88.5 Å². The maximum Gasteiger partial charge on any atom is 0.320 e. The Hall–Kier alpha value is -2.16. The van der Waals surface area contributed by atoms with E-state index in [4.69, 9.17) is 9.84 Å². The number of rotatable bonds is 10. The molecule has 1 aliphatic heterocycles. The molecule has 46 heavy (non-hydrogen) atoms. The summed E-state index contributed by atoms with van der Waals surface area (Å²) in [5, 5.41) is 8.18. The van der Waals surface area contributed by atoms with Gasteiger partial charge in [0.25, 0.3) is 0 Å². The highest BCUT2D eigenvalue weighted by Crippen LogP contribution is 2.42. The van der Waals surface area contributed by atoms with Crippen LogP contribution < -0.4 is 5.32 Å². The lowest BCUT2D eigenvalue weighted by molar-refractivity contribution is -0.148. The third kappa shape index (κ3) is 10.9. The Morgan fingerprint density at radius 1 is 1.02 bits per heavy atom. The average Bonchev–Trinajstić information content (AvgIpc) is 3.56. The van der Waals surface area contributed by atoms with E-state index in [1.165, 1.54) is 22.9 Å². The molecule has 3 atom stereocenters. The van der Waals surface area contributed by atoms with Crippen molar-refractivity contribution < 1.29 is 13.9 Å². The Labute approximate surface area is 293 Å². The lowest BCUT2D eigenvalue weighted by Crippen LogP contribution is -2.40. The van der Waals surface area contributed by atoms with Crippen molar-refractivity contribution in [2.75, 3.05) is 26.2 Å². The quantitative estimate of drug-likeness (QED) is 0.219. The Kier molecular flexibility index (Phi) is 15.5. The smallest absolute Gasteiger partial charge is 0.320 e. The third-order valence-corrected chi connectivity index (χ3v) is 9.16. The zero-order valence-corrected chi connectivity index (χ0v) is 30.3. The fourth-order valence-electron chi connectivity index (χ4n) is 6.90. The van der Waals surface area contributed by atoms with Gasteiger partial charge >= 0.3 is 5.97 Å². The number of halogens is 4. The van der Waals surface area contributed by atoms with E-state index in [0.717, 1.165) is 69.5 Å². The molecule has 2 fully saturated rings. The molecule has 2 aliphatic rings. The highest BCUT2D eigenvalue weighted by Gasteiger charge is 2.39. The van der Waals surface area contributed by atoms with E-state index < -0.39 is 0 Å². The van der Waals surface area contributed by atoms with Gasteiger partial charge in [-0.15, -0.1) is 37.2 Å². The minimum atomic E-state index is -0.214. The number of likely N-dealkylation sites (tertiary alicyclic amines) is 1. The van der Waals surface area contributed by atoms with E-state index >= 15 is 0 Å². The summed E-state index contributed by atoms with van der Waals surface area (Å²) in [5.74, 6) is 0.568. The molecule has 2 aromatic carbocycles. The number of hydrogen-bond donors (Lipinski definition) is 1. The number of carbonyl (C=O) groups is 1. The maximum atomic E-state index is 14.2. The molecule has 10 heteroatoms. The molecule has 3 aromatic rings. The standard InChI is InChI=1S/C36H49FN4O2.3ClH/c1-6-41-34(21-31(39-41)18-26-12-10-25(2)11-13-26)27-14-16-40(17-15-27)24-29-20-32(43-35(42)23-38-36(3,4)5)22-33(29)28-8-7-9-30(37)19-28;;;/h7-13,19,21,27,29,32-33,38H,6,14-18,20,22-24H2,1-5H3;3*1H/t29-,32+,33-;;;/m1.../s1. The van der Waals surface area contributed by atoms with Gasteiger partial charge < -0.3 is 15.0 Å². The van der Waals surface area contributed by atoms with Crippen molar-refractivity contribution in [3.63, 3.8) is 0 Å². The van der Waals surface area contributed by atoms with Gasteiger partial charge in [0.15, 0.2) is 0 Å². The SMILES string of the molecule is CCn1nc(Cc2ccc(C)cc2)cc1C1CCN(C[C@H]2C[C@H](OC(=O)CNC(C)(C)C)C[C@@H]2c2cccc(F)c2)CC1.Cl.Cl.Cl. The summed E-state index contributed by atoms with van der Waals surface area (Å²) < 4.78 is 22.4. The Balaban J connectivity index is 0.00000245. The van der Waals surface area contributed by atoms with E-state index in [1.807, 2.05) is 26.8 Å². The summed E-state index contributed by atoms with van der Waals surface area (Å²) in [4.78, 5) is 15.2. The van der Waals surface area contributed by atoms with Crippen LogP contribution >= 0.6 is 37.2 Å². The van der Waals surface area contributed by atoms with E-state index in [1.54, 1.807) is 12.1 Å². The van der Waals surface area contributed by atoms with Crippen LogP contribution in [-0.2, 0) is 22.5 Å². The van der Waals surface area contributed by atoms with Gasteiger partial charge in [-0.3, -0.25) is 9.48 Å². The number of nitrogens with zero attached hydrogens (tertiary/aromatic N) is 3. The topological polar surface area (TPSA) is 59.4 Å². The van der Waals surface area contributed by atoms with Gasteiger partial charge in [-0.1, -0.05) is 42.0 Å². The van der Waals surface area contributed by atoms with Gasteiger partial charge in [-0.25, -0.2) is 4.39 Å². The molecular formula is C36H52Cl3FN4O2. The minimum absolute atomic E-state index is 0. The molecule has 2 heterocycles. The molecule has 1 saturated heterocycles. The number of benzene rings is 2. The van der Waals surface area contributed by atoms with Gasteiger partial charge in [0, 0.05) is 36.7 Å². The maximum absolute atomic E-state index is 14.2. The minimum Gasteiger partial charge on any atom is -0.461 e. The van der Waals surface area contributed by atoms with E-state index in [2.05, 4.69) is 59.1 Å². The highest BCUT2D eigenvalue weighted by molar-refractivity contribution is 5.86. The van der Waals surface area contributed by atoms with Crippen LogP contribution in [0.15, 0.2) is 54.6 Å². The first kappa shape index (κ1) is 40.0. The van der Waals surface area contributed by atoms with Crippen molar-refractivity contribution in [1.29, 1.82) is 0 Å². The van der Waals surface area contributed by atoms with E-state index in [9.17, 15) is 9.18 Å². The van der Waals surface area contributed by atoms with Crippen LogP contribution in [0.25, 0.3) is 0 Å². The van der Waals surface area contributed by atoms with Gasteiger partial charge in [-0.2, -0.15) is 5.10 Å². The van der Waals surface area contributed by atoms with Crippen LogP contribution in [0.4, 0.5) is 4.39 Å². The van der Waals surface area contributed by atoms with E-state index in [-0.39, 0.29) is 73.1 Å². The molecule has 6 nitrogen and oxygen atoms in total. The third-order valence-electron chi connectivity index (χ3n) is 9.16. The van der Waals surface area contributed by atoms with Crippen LogP contribution in [0.1, 0.15) is 93.3 Å². The summed E-state index contributed by atoms with van der Waals surface area (Å²) in [6.45, 7) is 14.5. The number of aromatic nitrogens is 2. The molecule has 0 amide bonds. The lowest BCUT2D eigenvalue weighted by Gasteiger charge is -2.35. The molecule has 0 radical (unpaired) electrons.